The second-order valence-corrected chi connectivity index (χ2v) is 8.27. The van der Waals surface area contributed by atoms with Gasteiger partial charge in [-0.2, -0.15) is 0 Å². The number of nitrogens with two attached hydrogens (primary N) is 1. The summed E-state index contributed by atoms with van der Waals surface area (Å²) < 4.78 is 13.8. The molecule has 1 saturated heterocycles. The largest absolute Gasteiger partial charge is 0.398 e. The molecule has 136 valence electrons. The summed E-state index contributed by atoms with van der Waals surface area (Å²) in [5.74, 6) is -3.68. The molecule has 0 radical (unpaired) electrons. The lowest BCUT2D eigenvalue weighted by atomic mass is 9.36. The molecule has 0 bridgehead atoms. The van der Waals surface area contributed by atoms with E-state index in [4.69, 9.17) is 5.73 Å². The first-order chi connectivity index (χ1) is 12.1. The second kappa shape index (κ2) is 5.20. The van der Waals surface area contributed by atoms with Crippen molar-refractivity contribution >= 4 is 62.6 Å². The lowest BCUT2D eigenvalue weighted by molar-refractivity contribution is -0.210. The molecule has 0 aromatic heterocycles. The van der Waals surface area contributed by atoms with Crippen LogP contribution >= 0.6 is 0 Å². The maximum absolute atomic E-state index is 13.8. The number of imide groups is 1. The molecule has 3 rings (SSSR count). The summed E-state index contributed by atoms with van der Waals surface area (Å²) in [6, 6.07) is 2.00. The Kier molecular flexibility index (Phi) is 3.77. The van der Waals surface area contributed by atoms with Gasteiger partial charge in [0.05, 0.1) is 5.50 Å². The van der Waals surface area contributed by atoms with E-state index < -0.39 is 45.3 Å². The van der Waals surface area contributed by atoms with Gasteiger partial charge in [0.1, 0.15) is 45.0 Å². The van der Waals surface area contributed by atoms with E-state index in [0.717, 1.165) is 24.9 Å². The maximum atomic E-state index is 13.8. The highest BCUT2D eigenvalue weighted by Crippen LogP contribution is 2.50. The number of piperidine rings is 1. The zero-order valence-corrected chi connectivity index (χ0v) is 15.7. The molecule has 2 aliphatic heterocycles. The van der Waals surface area contributed by atoms with Crippen molar-refractivity contribution in [2.24, 2.45) is 0 Å². The van der Waals surface area contributed by atoms with Crippen LogP contribution in [0.15, 0.2) is 12.1 Å². The number of halogens is 1. The molecule has 14 heteroatoms. The van der Waals surface area contributed by atoms with Crippen LogP contribution in [0, 0.1) is 5.82 Å². The van der Waals surface area contributed by atoms with Crippen LogP contribution in [-0.2, 0) is 14.9 Å². The lowest BCUT2D eigenvalue weighted by Crippen LogP contribution is -2.83. The van der Waals surface area contributed by atoms with Gasteiger partial charge in [-0.25, -0.2) is 4.39 Å². The lowest BCUT2D eigenvalue weighted by Gasteiger charge is -2.58. The van der Waals surface area contributed by atoms with Crippen molar-refractivity contribution in [3.05, 3.63) is 29.1 Å². The summed E-state index contributed by atoms with van der Waals surface area (Å²) in [5, 5.41) is 21.6. The van der Waals surface area contributed by atoms with E-state index in [1.54, 1.807) is 0 Å². The smallest absolute Gasteiger partial charge is 0.282 e. The van der Waals surface area contributed by atoms with Gasteiger partial charge in [-0.1, -0.05) is 0 Å². The fourth-order valence-electron chi connectivity index (χ4n) is 4.06. The van der Waals surface area contributed by atoms with Crippen molar-refractivity contribution < 1.29 is 29.0 Å². The predicted octanol–water partition coefficient (Wildman–Crippen LogP) is -6.71. The standard InChI is InChI=1S/C13H17B5FN3O5/c14-10(15)8(24)21-9(25)11(26,13(10,18)27)22-7(23)4-1-3(19)2-5(20)6(4)12(22,16)17/h1-2,26-27H,14-18,20H2,(H,21,24,25)/t11-,13?/m0/s1. The van der Waals surface area contributed by atoms with E-state index >= 15 is 0 Å². The topological polar surface area (TPSA) is 133 Å². The van der Waals surface area contributed by atoms with Gasteiger partial charge in [0.2, 0.25) is 11.6 Å². The van der Waals surface area contributed by atoms with Gasteiger partial charge in [0.25, 0.3) is 11.8 Å². The molecule has 2 aliphatic rings. The number of amides is 3. The van der Waals surface area contributed by atoms with Gasteiger partial charge >= 0.3 is 0 Å². The van der Waals surface area contributed by atoms with Crippen molar-refractivity contribution in [1.29, 1.82) is 0 Å². The second-order valence-electron chi connectivity index (χ2n) is 8.27. The van der Waals surface area contributed by atoms with Crippen LogP contribution < -0.4 is 11.1 Å². The third-order valence-corrected chi connectivity index (χ3v) is 6.07. The molecule has 0 aliphatic carbocycles. The normalized spacial score (nSPS) is 31.5. The molecule has 2 heterocycles. The summed E-state index contributed by atoms with van der Waals surface area (Å²) in [6.07, 6.45) is 0. The first-order valence-electron chi connectivity index (χ1n) is 8.36. The highest BCUT2D eigenvalue weighted by molar-refractivity contribution is 6.57. The van der Waals surface area contributed by atoms with Crippen molar-refractivity contribution in [2.45, 2.75) is 21.8 Å². The van der Waals surface area contributed by atoms with Gasteiger partial charge in [-0.05, 0) is 17.7 Å². The molecule has 1 aromatic rings. The molecule has 0 saturated carbocycles. The molecule has 1 aromatic carbocycles. The van der Waals surface area contributed by atoms with Crippen molar-refractivity contribution in [1.82, 2.24) is 10.2 Å². The van der Waals surface area contributed by atoms with Crippen molar-refractivity contribution in [3.8, 4) is 0 Å². The number of nitrogen functional groups attached to an aromatic ring is 1. The molecule has 0 spiro atoms. The molecular formula is C13H17B5FN3O5. The summed E-state index contributed by atoms with van der Waals surface area (Å²) in [7, 11) is 6.81. The number of carbonyl (C=O) groups excluding carboxylic acids is 3. The van der Waals surface area contributed by atoms with Gasteiger partial charge in [0, 0.05) is 21.8 Å². The van der Waals surface area contributed by atoms with E-state index in [1.807, 2.05) is 5.32 Å². The maximum Gasteiger partial charge on any atom is 0.282 e. The Morgan fingerprint density at radius 1 is 1.04 bits per heavy atom. The van der Waals surface area contributed by atoms with Crippen molar-refractivity contribution in [3.63, 3.8) is 0 Å². The average Bonchev–Trinajstić information content (AvgIpc) is 2.71. The molecule has 8 nitrogen and oxygen atoms in total. The van der Waals surface area contributed by atoms with Gasteiger partial charge in [-0.15, -0.1) is 0 Å². The number of rotatable bonds is 1. The van der Waals surface area contributed by atoms with Crippen LogP contribution in [0.5, 0.6) is 0 Å². The Labute approximate surface area is 159 Å². The van der Waals surface area contributed by atoms with Crippen LogP contribution in [0.1, 0.15) is 15.9 Å². The number of benzene rings is 1. The molecule has 5 N–H and O–H groups in total. The molecule has 3 amide bonds. The molecule has 1 unspecified atom stereocenters. The Balaban J connectivity index is 2.30. The first-order valence-corrected chi connectivity index (χ1v) is 8.36. The minimum Gasteiger partial charge on any atom is -0.398 e. The first kappa shape index (κ1) is 19.6. The number of hydrogen-bond acceptors (Lipinski definition) is 6. The minimum atomic E-state index is -2.81. The van der Waals surface area contributed by atoms with E-state index in [0.29, 0.717) is 0 Å². The van der Waals surface area contributed by atoms with Crippen LogP contribution in [0.25, 0.3) is 0 Å². The van der Waals surface area contributed by atoms with E-state index in [-0.39, 0.29) is 16.8 Å². The number of fused-ring (bicyclic) bond motifs is 1. The molecule has 2 atom stereocenters. The quantitative estimate of drug-likeness (QED) is 0.221. The van der Waals surface area contributed by atoms with Crippen LogP contribution in [-0.4, -0.2) is 83.3 Å². The Hall–Kier alpha value is -2.20. The zero-order chi connectivity index (χ0) is 20.7. The average molecular weight is 368 g/mol. The number of nitrogens with zero attached hydrogens (tertiary/aromatic N) is 1. The zero-order valence-electron chi connectivity index (χ0n) is 15.7. The molecular weight excluding hydrogens is 351 g/mol. The highest BCUT2D eigenvalue weighted by Gasteiger charge is 2.71. The summed E-state index contributed by atoms with van der Waals surface area (Å²) >= 11 is 0. The Morgan fingerprint density at radius 2 is 1.59 bits per heavy atom. The monoisotopic (exact) mass is 369 g/mol. The predicted molar refractivity (Wildman–Crippen MR) is 107 cm³/mol. The fraction of sp³-hybridized carbons (Fsp3) is 0.308. The number of anilines is 1. The number of nitrogens with one attached hydrogen (secondary N) is 1. The van der Waals surface area contributed by atoms with E-state index in [9.17, 15) is 29.0 Å². The third-order valence-electron chi connectivity index (χ3n) is 6.07. The summed E-state index contributed by atoms with van der Waals surface area (Å²) in [6.45, 7) is 0. The molecule has 1 fully saturated rings. The van der Waals surface area contributed by atoms with Crippen LogP contribution in [0.3, 0.4) is 0 Å². The van der Waals surface area contributed by atoms with Crippen molar-refractivity contribution in [2.75, 3.05) is 5.73 Å². The van der Waals surface area contributed by atoms with Crippen LogP contribution in [0.2, 0.25) is 5.21 Å². The SMILES string of the molecule is BC1(B)c2c(N)cc(F)cc2C(=O)N1[C@]1(O)C(=O)NC(=O)C(B)(B)C1(B)O. The highest BCUT2D eigenvalue weighted by atomic mass is 19.1. The van der Waals surface area contributed by atoms with E-state index in [1.165, 1.54) is 31.4 Å². The van der Waals surface area contributed by atoms with E-state index in [2.05, 4.69) is 0 Å². The Morgan fingerprint density at radius 3 is 2.15 bits per heavy atom. The minimum absolute atomic E-state index is 0.0272. The van der Waals surface area contributed by atoms with Gasteiger partial charge in [0.15, 0.2) is 0 Å². The van der Waals surface area contributed by atoms with Gasteiger partial charge < -0.3 is 20.8 Å². The van der Waals surface area contributed by atoms with Crippen LogP contribution in [0.4, 0.5) is 10.1 Å². The number of aliphatic hydroxyl groups is 2. The van der Waals surface area contributed by atoms with Gasteiger partial charge in [-0.3, -0.25) is 19.7 Å². The summed E-state index contributed by atoms with van der Waals surface area (Å²) in [5.41, 5.74) is 0.808. The fourth-order valence-corrected chi connectivity index (χ4v) is 4.06. The number of carbonyl (C=O) groups is 3. The summed E-state index contributed by atoms with van der Waals surface area (Å²) in [4.78, 5) is 38.8. The number of hydrogen-bond donors (Lipinski definition) is 4. The Bertz CT molecular complexity index is 924. The molecule has 27 heavy (non-hydrogen) atoms. The third kappa shape index (κ3) is 2.08.